The van der Waals surface area contributed by atoms with Gasteiger partial charge in [-0.3, -0.25) is 4.79 Å². The summed E-state index contributed by atoms with van der Waals surface area (Å²) in [6, 6.07) is 7.01. The Kier molecular flexibility index (Phi) is 3.67. The van der Waals surface area contributed by atoms with Gasteiger partial charge in [0.15, 0.2) is 0 Å². The van der Waals surface area contributed by atoms with Crippen molar-refractivity contribution in [3.63, 3.8) is 0 Å². The highest BCUT2D eigenvalue weighted by atomic mass is 32.1. The number of thiophene rings is 1. The highest BCUT2D eigenvalue weighted by Gasteiger charge is 2.12. The highest BCUT2D eigenvalue weighted by molar-refractivity contribution is 7.12. The zero-order chi connectivity index (χ0) is 13.1. The Morgan fingerprint density at radius 1 is 1.39 bits per heavy atom. The van der Waals surface area contributed by atoms with Crippen LogP contribution in [0.4, 0.5) is 5.69 Å². The third-order valence-electron chi connectivity index (χ3n) is 2.79. The number of aromatic hydroxyl groups is 1. The number of carbonyl (C=O) groups excluding carboxylic acids is 1. The number of rotatable bonds is 3. The quantitative estimate of drug-likeness (QED) is 0.830. The molecule has 0 bridgehead atoms. The van der Waals surface area contributed by atoms with Gasteiger partial charge >= 0.3 is 0 Å². The number of carbonyl (C=O) groups is 1. The number of benzene rings is 1. The SMILES string of the molecule is CCc1ccsc1C(=O)Nc1ccc(O)c(C)c1. The molecule has 0 spiro atoms. The van der Waals surface area contributed by atoms with Gasteiger partial charge in [0.2, 0.25) is 0 Å². The van der Waals surface area contributed by atoms with Gasteiger partial charge in [0.1, 0.15) is 5.75 Å². The normalized spacial score (nSPS) is 10.3. The van der Waals surface area contributed by atoms with Crippen molar-refractivity contribution in [1.29, 1.82) is 0 Å². The summed E-state index contributed by atoms with van der Waals surface area (Å²) in [6.45, 7) is 3.83. The Hall–Kier alpha value is -1.81. The summed E-state index contributed by atoms with van der Waals surface area (Å²) in [5.41, 5.74) is 2.51. The first kappa shape index (κ1) is 12.6. The lowest BCUT2D eigenvalue weighted by molar-refractivity contribution is 0.103. The number of phenolic OH excluding ortho intramolecular Hbond substituents is 1. The Labute approximate surface area is 110 Å². The molecule has 0 atom stereocenters. The number of anilines is 1. The van der Waals surface area contributed by atoms with Crippen molar-refractivity contribution in [2.24, 2.45) is 0 Å². The first-order valence-electron chi connectivity index (χ1n) is 5.79. The third kappa shape index (κ3) is 2.54. The molecular weight excluding hydrogens is 246 g/mol. The number of hydrogen-bond donors (Lipinski definition) is 2. The van der Waals surface area contributed by atoms with Crippen molar-refractivity contribution in [2.45, 2.75) is 20.3 Å². The molecule has 94 valence electrons. The predicted octanol–water partition coefficient (Wildman–Crippen LogP) is 3.58. The van der Waals surface area contributed by atoms with Gasteiger partial charge in [0, 0.05) is 5.69 Å². The molecule has 1 heterocycles. The summed E-state index contributed by atoms with van der Waals surface area (Å²) >= 11 is 1.45. The van der Waals surface area contributed by atoms with Crippen molar-refractivity contribution >= 4 is 22.9 Å². The maximum absolute atomic E-state index is 12.1. The average Bonchev–Trinajstić information content (AvgIpc) is 2.82. The summed E-state index contributed by atoms with van der Waals surface area (Å²) < 4.78 is 0. The van der Waals surface area contributed by atoms with Gasteiger partial charge in [-0.15, -0.1) is 11.3 Å². The van der Waals surface area contributed by atoms with Crippen molar-refractivity contribution in [3.05, 3.63) is 45.6 Å². The number of hydrogen-bond acceptors (Lipinski definition) is 3. The molecular formula is C14H15NO2S. The molecule has 0 saturated carbocycles. The number of aryl methyl sites for hydroxylation is 2. The Morgan fingerprint density at radius 2 is 2.17 bits per heavy atom. The lowest BCUT2D eigenvalue weighted by atomic mass is 10.2. The van der Waals surface area contributed by atoms with Crippen molar-refractivity contribution in [3.8, 4) is 5.75 Å². The summed E-state index contributed by atoms with van der Waals surface area (Å²) in [7, 11) is 0. The molecule has 0 saturated heterocycles. The van der Waals surface area contributed by atoms with Crippen molar-refractivity contribution in [1.82, 2.24) is 0 Å². The van der Waals surface area contributed by atoms with Gasteiger partial charge in [0.05, 0.1) is 4.88 Å². The van der Waals surface area contributed by atoms with Gasteiger partial charge < -0.3 is 10.4 Å². The van der Waals surface area contributed by atoms with E-state index >= 15 is 0 Å². The predicted molar refractivity (Wildman–Crippen MR) is 74.5 cm³/mol. The molecule has 0 unspecified atom stereocenters. The summed E-state index contributed by atoms with van der Waals surface area (Å²) in [5, 5.41) is 14.2. The Balaban J connectivity index is 2.19. The van der Waals surface area contributed by atoms with Crippen LogP contribution in [0.15, 0.2) is 29.6 Å². The van der Waals surface area contributed by atoms with Crippen LogP contribution >= 0.6 is 11.3 Å². The van der Waals surface area contributed by atoms with E-state index in [0.717, 1.165) is 22.4 Å². The van der Waals surface area contributed by atoms with Gasteiger partial charge in [-0.25, -0.2) is 0 Å². The Bertz CT molecular complexity index is 575. The number of phenols is 1. The minimum Gasteiger partial charge on any atom is -0.508 e. The molecule has 0 aliphatic rings. The van der Waals surface area contributed by atoms with E-state index in [-0.39, 0.29) is 11.7 Å². The molecule has 0 aliphatic carbocycles. The van der Waals surface area contributed by atoms with Crippen LogP contribution in [0.5, 0.6) is 5.75 Å². The van der Waals surface area contributed by atoms with Crippen LogP contribution in [0.1, 0.15) is 27.7 Å². The third-order valence-corrected chi connectivity index (χ3v) is 3.74. The summed E-state index contributed by atoms with van der Waals surface area (Å²) in [6.07, 6.45) is 0.848. The lowest BCUT2D eigenvalue weighted by Crippen LogP contribution is -2.11. The topological polar surface area (TPSA) is 49.3 Å². The molecule has 1 amide bonds. The molecule has 0 radical (unpaired) electrons. The minimum atomic E-state index is -0.0908. The largest absolute Gasteiger partial charge is 0.508 e. The van der Waals surface area contributed by atoms with Crippen LogP contribution in [0, 0.1) is 6.92 Å². The van der Waals surface area contributed by atoms with Gasteiger partial charge in [-0.2, -0.15) is 0 Å². The van der Waals surface area contributed by atoms with E-state index in [1.165, 1.54) is 11.3 Å². The maximum Gasteiger partial charge on any atom is 0.266 e. The molecule has 3 nitrogen and oxygen atoms in total. The molecule has 1 aromatic carbocycles. The molecule has 4 heteroatoms. The van der Waals surface area contributed by atoms with E-state index in [4.69, 9.17) is 0 Å². The van der Waals surface area contributed by atoms with Crippen molar-refractivity contribution < 1.29 is 9.90 Å². The monoisotopic (exact) mass is 261 g/mol. The smallest absolute Gasteiger partial charge is 0.266 e. The average molecular weight is 261 g/mol. The molecule has 2 rings (SSSR count). The van der Waals surface area contributed by atoms with Crippen LogP contribution in [0.3, 0.4) is 0 Å². The second-order valence-electron chi connectivity index (χ2n) is 4.08. The van der Waals surface area contributed by atoms with E-state index in [1.54, 1.807) is 25.1 Å². The second kappa shape index (κ2) is 5.23. The van der Waals surface area contributed by atoms with Gasteiger partial charge in [-0.05, 0) is 54.1 Å². The van der Waals surface area contributed by atoms with Gasteiger partial charge in [-0.1, -0.05) is 6.92 Å². The fourth-order valence-corrected chi connectivity index (χ4v) is 2.62. The number of nitrogens with one attached hydrogen (secondary N) is 1. The molecule has 2 aromatic rings. The minimum absolute atomic E-state index is 0.0908. The van der Waals surface area contributed by atoms with Crippen LogP contribution in [-0.2, 0) is 6.42 Å². The van der Waals surface area contributed by atoms with Crippen LogP contribution in [-0.4, -0.2) is 11.0 Å². The van der Waals surface area contributed by atoms with Crippen LogP contribution in [0.2, 0.25) is 0 Å². The standard InChI is InChI=1S/C14H15NO2S/c1-3-10-6-7-18-13(10)14(17)15-11-4-5-12(16)9(2)8-11/h4-8,16H,3H2,1-2H3,(H,15,17). The fourth-order valence-electron chi connectivity index (χ4n) is 1.73. The fraction of sp³-hybridized carbons (Fsp3) is 0.214. The van der Waals surface area contributed by atoms with E-state index in [1.807, 2.05) is 18.4 Å². The maximum atomic E-state index is 12.1. The molecule has 18 heavy (non-hydrogen) atoms. The van der Waals surface area contributed by atoms with Crippen LogP contribution < -0.4 is 5.32 Å². The zero-order valence-corrected chi connectivity index (χ0v) is 11.2. The molecule has 0 fully saturated rings. The van der Waals surface area contributed by atoms with Crippen LogP contribution in [0.25, 0.3) is 0 Å². The zero-order valence-electron chi connectivity index (χ0n) is 10.4. The summed E-state index contributed by atoms with van der Waals surface area (Å²) in [5.74, 6) is 0.144. The van der Waals surface area contributed by atoms with Gasteiger partial charge in [0.25, 0.3) is 5.91 Å². The summed E-state index contributed by atoms with van der Waals surface area (Å²) in [4.78, 5) is 12.8. The first-order valence-corrected chi connectivity index (χ1v) is 6.67. The second-order valence-corrected chi connectivity index (χ2v) is 5.00. The van der Waals surface area contributed by atoms with Crippen molar-refractivity contribution in [2.75, 3.05) is 5.32 Å². The van der Waals surface area contributed by atoms with E-state index in [9.17, 15) is 9.90 Å². The molecule has 1 aromatic heterocycles. The highest BCUT2D eigenvalue weighted by Crippen LogP contribution is 2.22. The van der Waals surface area contributed by atoms with E-state index in [0.29, 0.717) is 5.69 Å². The Morgan fingerprint density at radius 3 is 2.83 bits per heavy atom. The molecule has 0 aliphatic heterocycles. The van der Waals surface area contributed by atoms with E-state index in [2.05, 4.69) is 5.32 Å². The number of amides is 1. The lowest BCUT2D eigenvalue weighted by Gasteiger charge is -2.07. The van der Waals surface area contributed by atoms with E-state index < -0.39 is 0 Å². The molecule has 2 N–H and O–H groups in total. The first-order chi connectivity index (χ1) is 8.61.